The molecule has 3 amide bonds. The van der Waals surface area contributed by atoms with Gasteiger partial charge in [0.2, 0.25) is 15.9 Å². The van der Waals surface area contributed by atoms with E-state index in [1.165, 1.54) is 17.0 Å². The summed E-state index contributed by atoms with van der Waals surface area (Å²) in [6, 6.07) is 12.8. The summed E-state index contributed by atoms with van der Waals surface area (Å²) in [6.45, 7) is 5.30. The Morgan fingerprint density at radius 1 is 0.941 bits per heavy atom. The zero-order valence-corrected chi connectivity index (χ0v) is 20.2. The van der Waals surface area contributed by atoms with E-state index < -0.39 is 10.0 Å². The first kappa shape index (κ1) is 24.1. The number of hydrogen-bond acceptors (Lipinski definition) is 5. The van der Waals surface area contributed by atoms with Crippen molar-refractivity contribution in [3.05, 3.63) is 59.7 Å². The number of carbonyl (C=O) groups excluding carboxylic acids is 3. The van der Waals surface area contributed by atoms with Crippen LogP contribution in [0.2, 0.25) is 0 Å². The molecular formula is C25H29N3O5S. The molecule has 2 aliphatic rings. The maximum atomic E-state index is 13.0. The third-order valence-electron chi connectivity index (χ3n) is 6.27. The van der Waals surface area contributed by atoms with Crippen LogP contribution < -0.4 is 5.32 Å². The quantitative estimate of drug-likeness (QED) is 0.608. The summed E-state index contributed by atoms with van der Waals surface area (Å²) in [5.74, 6) is -0.314. The summed E-state index contributed by atoms with van der Waals surface area (Å²) < 4.78 is 27.5. The van der Waals surface area contributed by atoms with Crippen molar-refractivity contribution in [1.82, 2.24) is 9.21 Å². The molecule has 34 heavy (non-hydrogen) atoms. The summed E-state index contributed by atoms with van der Waals surface area (Å²) in [5.41, 5.74) is 1.27. The van der Waals surface area contributed by atoms with E-state index in [0.29, 0.717) is 48.2 Å². The first-order valence-electron chi connectivity index (χ1n) is 11.5. The predicted octanol–water partition coefficient (Wildman–Crippen LogP) is 3.37. The number of fused-ring (bicyclic) bond motifs is 1. The van der Waals surface area contributed by atoms with E-state index in [2.05, 4.69) is 19.2 Å². The molecule has 0 bridgehead atoms. The van der Waals surface area contributed by atoms with Crippen LogP contribution in [0.1, 0.15) is 53.8 Å². The summed E-state index contributed by atoms with van der Waals surface area (Å²) in [7, 11) is -3.58. The Morgan fingerprint density at radius 3 is 2.06 bits per heavy atom. The van der Waals surface area contributed by atoms with Gasteiger partial charge in [0.05, 0.1) is 16.0 Å². The number of benzene rings is 2. The highest BCUT2D eigenvalue weighted by atomic mass is 32.2. The summed E-state index contributed by atoms with van der Waals surface area (Å²) in [4.78, 5) is 38.5. The number of imide groups is 1. The van der Waals surface area contributed by atoms with Gasteiger partial charge < -0.3 is 5.32 Å². The predicted molar refractivity (Wildman–Crippen MR) is 128 cm³/mol. The van der Waals surface area contributed by atoms with Crippen LogP contribution in [-0.4, -0.2) is 55.0 Å². The Bertz CT molecular complexity index is 1160. The van der Waals surface area contributed by atoms with Crippen molar-refractivity contribution in [2.45, 2.75) is 38.0 Å². The summed E-state index contributed by atoms with van der Waals surface area (Å²) >= 11 is 0. The van der Waals surface area contributed by atoms with Gasteiger partial charge >= 0.3 is 0 Å². The van der Waals surface area contributed by atoms with Crippen molar-refractivity contribution in [2.75, 3.05) is 25.0 Å². The Kier molecular flexibility index (Phi) is 6.86. The fraction of sp³-hybridized carbons (Fsp3) is 0.400. The largest absolute Gasteiger partial charge is 0.326 e. The lowest BCUT2D eigenvalue weighted by Crippen LogP contribution is -2.42. The van der Waals surface area contributed by atoms with Crippen LogP contribution in [0, 0.1) is 11.8 Å². The Hall–Kier alpha value is -3.04. The Labute approximate surface area is 200 Å². The molecular weight excluding hydrogens is 454 g/mol. The van der Waals surface area contributed by atoms with E-state index in [0.717, 1.165) is 6.42 Å². The van der Waals surface area contributed by atoms with Crippen LogP contribution in [0.4, 0.5) is 5.69 Å². The molecule has 0 saturated carbocycles. The minimum Gasteiger partial charge on any atom is -0.326 e. The standard InChI is InChI=1S/C25H29N3O5S/c1-17-14-18(2)16-27(15-17)34(32,33)20-11-9-19(10-12-20)26-23(29)8-5-13-28-24(30)21-6-3-4-7-22(21)25(28)31/h3-4,6-7,9-12,17-18H,5,8,13-16H2,1-2H3,(H,26,29). The van der Waals surface area contributed by atoms with Crippen molar-refractivity contribution >= 4 is 33.4 Å². The normalized spacial score (nSPS) is 20.9. The molecule has 2 aromatic carbocycles. The monoisotopic (exact) mass is 483 g/mol. The molecule has 0 spiro atoms. The van der Waals surface area contributed by atoms with Gasteiger partial charge in [-0.3, -0.25) is 19.3 Å². The van der Waals surface area contributed by atoms with Gasteiger partial charge in [0.25, 0.3) is 11.8 Å². The highest BCUT2D eigenvalue weighted by Gasteiger charge is 2.34. The van der Waals surface area contributed by atoms with Gasteiger partial charge in [-0.05, 0) is 61.1 Å². The maximum absolute atomic E-state index is 13.0. The Morgan fingerprint density at radius 2 is 1.50 bits per heavy atom. The third-order valence-corrected chi connectivity index (χ3v) is 8.12. The minimum atomic E-state index is -3.58. The molecule has 1 fully saturated rings. The number of nitrogens with zero attached hydrogens (tertiary/aromatic N) is 2. The van der Waals surface area contributed by atoms with Gasteiger partial charge in [-0.2, -0.15) is 4.31 Å². The molecule has 0 radical (unpaired) electrons. The van der Waals surface area contributed by atoms with Crippen molar-refractivity contribution in [3.8, 4) is 0 Å². The van der Waals surface area contributed by atoms with Crippen molar-refractivity contribution in [3.63, 3.8) is 0 Å². The van der Waals surface area contributed by atoms with E-state index in [9.17, 15) is 22.8 Å². The number of anilines is 1. The molecule has 0 aliphatic carbocycles. The van der Waals surface area contributed by atoms with Crippen LogP contribution in [0.25, 0.3) is 0 Å². The molecule has 1 N–H and O–H groups in total. The van der Waals surface area contributed by atoms with E-state index in [4.69, 9.17) is 0 Å². The van der Waals surface area contributed by atoms with Gasteiger partial charge in [-0.1, -0.05) is 26.0 Å². The van der Waals surface area contributed by atoms with E-state index in [1.54, 1.807) is 40.7 Å². The van der Waals surface area contributed by atoms with Crippen LogP contribution in [0.5, 0.6) is 0 Å². The lowest BCUT2D eigenvalue weighted by Gasteiger charge is -2.34. The second-order valence-corrected chi connectivity index (χ2v) is 11.2. The Balaban J connectivity index is 1.30. The van der Waals surface area contributed by atoms with Gasteiger partial charge in [0.15, 0.2) is 0 Å². The average Bonchev–Trinajstić information content (AvgIpc) is 3.04. The molecule has 2 aromatic rings. The molecule has 2 aliphatic heterocycles. The third kappa shape index (κ3) is 4.90. The molecule has 2 unspecified atom stereocenters. The fourth-order valence-electron chi connectivity index (χ4n) is 4.72. The number of hydrogen-bond donors (Lipinski definition) is 1. The lowest BCUT2D eigenvalue weighted by atomic mass is 9.94. The smallest absolute Gasteiger partial charge is 0.261 e. The summed E-state index contributed by atoms with van der Waals surface area (Å²) in [6.07, 6.45) is 1.47. The van der Waals surface area contributed by atoms with E-state index in [1.807, 2.05) is 0 Å². The molecule has 4 rings (SSSR count). The zero-order chi connectivity index (χ0) is 24.5. The van der Waals surface area contributed by atoms with E-state index in [-0.39, 0.29) is 35.6 Å². The van der Waals surface area contributed by atoms with Crippen molar-refractivity contribution < 1.29 is 22.8 Å². The molecule has 8 nitrogen and oxygen atoms in total. The van der Waals surface area contributed by atoms with Gasteiger partial charge in [-0.15, -0.1) is 0 Å². The highest BCUT2D eigenvalue weighted by molar-refractivity contribution is 7.89. The zero-order valence-electron chi connectivity index (χ0n) is 19.4. The average molecular weight is 484 g/mol. The summed E-state index contributed by atoms with van der Waals surface area (Å²) in [5, 5.41) is 2.74. The molecule has 9 heteroatoms. The van der Waals surface area contributed by atoms with Crippen LogP contribution in [0.3, 0.4) is 0 Å². The van der Waals surface area contributed by atoms with Gasteiger partial charge in [0, 0.05) is 31.7 Å². The second kappa shape index (κ2) is 9.68. The van der Waals surface area contributed by atoms with Crippen LogP contribution in [-0.2, 0) is 14.8 Å². The molecule has 180 valence electrons. The topological polar surface area (TPSA) is 104 Å². The molecule has 0 aromatic heterocycles. The molecule has 1 saturated heterocycles. The minimum absolute atomic E-state index is 0.122. The second-order valence-electron chi connectivity index (χ2n) is 9.25. The number of carbonyl (C=O) groups is 3. The number of rotatable bonds is 7. The van der Waals surface area contributed by atoms with Gasteiger partial charge in [0.1, 0.15) is 0 Å². The highest BCUT2D eigenvalue weighted by Crippen LogP contribution is 2.27. The SMILES string of the molecule is CC1CC(C)CN(S(=O)(=O)c2ccc(NC(=O)CCCN3C(=O)c4ccccc4C3=O)cc2)C1. The first-order chi connectivity index (χ1) is 16.2. The number of amides is 3. The first-order valence-corrected chi connectivity index (χ1v) is 13.0. The van der Waals surface area contributed by atoms with Crippen molar-refractivity contribution in [2.24, 2.45) is 11.8 Å². The van der Waals surface area contributed by atoms with Gasteiger partial charge in [-0.25, -0.2) is 8.42 Å². The van der Waals surface area contributed by atoms with Crippen molar-refractivity contribution in [1.29, 1.82) is 0 Å². The number of sulfonamides is 1. The van der Waals surface area contributed by atoms with E-state index >= 15 is 0 Å². The molecule has 2 heterocycles. The van der Waals surface area contributed by atoms with Crippen LogP contribution in [0.15, 0.2) is 53.4 Å². The maximum Gasteiger partial charge on any atom is 0.261 e. The molecule has 2 atom stereocenters. The number of nitrogens with one attached hydrogen (secondary N) is 1. The lowest BCUT2D eigenvalue weighted by molar-refractivity contribution is -0.116. The van der Waals surface area contributed by atoms with Crippen LogP contribution >= 0.6 is 0 Å². The number of piperidine rings is 1. The fourth-order valence-corrected chi connectivity index (χ4v) is 6.40.